The first kappa shape index (κ1) is 58.7. The molecule has 1 N–H and O–H groups in total. The summed E-state index contributed by atoms with van der Waals surface area (Å²) < 4.78 is 33.9. The first-order chi connectivity index (χ1) is 29.4. The molecule has 11 heteroatoms. The third-order valence-electron chi connectivity index (χ3n) is 10.1. The Morgan fingerprint density at radius 3 is 1.69 bits per heavy atom. The zero-order valence-electron chi connectivity index (χ0n) is 39.5. The second-order valence-electron chi connectivity index (χ2n) is 17.3. The van der Waals surface area contributed by atoms with Crippen LogP contribution >= 0.6 is 7.82 Å². The van der Waals surface area contributed by atoms with E-state index < -0.39 is 38.6 Å². The van der Waals surface area contributed by atoms with Crippen LogP contribution in [0.3, 0.4) is 0 Å². The Labute approximate surface area is 373 Å². The van der Waals surface area contributed by atoms with Gasteiger partial charge in [0.05, 0.1) is 33.9 Å². The second-order valence-corrected chi connectivity index (χ2v) is 18.7. The number of hydrogen-bond acceptors (Lipinski definition) is 9. The van der Waals surface area contributed by atoms with E-state index in [9.17, 15) is 24.2 Å². The lowest BCUT2D eigenvalue weighted by atomic mass is 10.0. The van der Waals surface area contributed by atoms with Gasteiger partial charge in [0.2, 0.25) is 0 Å². The van der Waals surface area contributed by atoms with E-state index in [0.717, 1.165) is 38.5 Å². The van der Waals surface area contributed by atoms with Crippen LogP contribution in [0.1, 0.15) is 187 Å². The van der Waals surface area contributed by atoms with E-state index in [1.54, 1.807) is 0 Å². The monoisotopic (exact) mass is 880 g/mol. The van der Waals surface area contributed by atoms with E-state index in [1.807, 2.05) is 70.6 Å². The summed E-state index contributed by atoms with van der Waals surface area (Å²) in [6, 6.07) is 0. The summed E-state index contributed by atoms with van der Waals surface area (Å²) in [6.07, 6.45) is 47.4. The lowest BCUT2D eigenvalue weighted by molar-refractivity contribution is -0.870. The van der Waals surface area contributed by atoms with Crippen molar-refractivity contribution in [2.45, 2.75) is 199 Å². The van der Waals surface area contributed by atoms with Crippen LogP contribution < -0.4 is 4.89 Å². The van der Waals surface area contributed by atoms with Gasteiger partial charge in [-0.15, -0.1) is 0 Å². The van der Waals surface area contributed by atoms with Crippen molar-refractivity contribution in [3.8, 4) is 0 Å². The molecule has 0 aromatic rings. The molecule has 10 nitrogen and oxygen atoms in total. The smallest absolute Gasteiger partial charge is 0.306 e. The fraction of sp³-hybridized carbons (Fsp3) is 0.760. The minimum Gasteiger partial charge on any atom is -0.756 e. The van der Waals surface area contributed by atoms with Gasteiger partial charge < -0.3 is 33.0 Å². The van der Waals surface area contributed by atoms with Gasteiger partial charge >= 0.3 is 11.9 Å². The molecule has 0 radical (unpaired) electrons. The van der Waals surface area contributed by atoms with Crippen molar-refractivity contribution >= 4 is 19.8 Å². The standard InChI is InChI=1S/C50H90NO9P/c1-6-8-10-11-12-13-14-15-16-17-18-19-20-21-25-28-31-34-37-41-49(53)57-45-48(46-59-61(55,56)58-44-43-51(3,4)5)60-50(54)42-38-35-32-29-26-23-22-24-27-30-33-36-40-47(52)39-9-7-2/h9,22-23,27,29-30,32-33,36,39,47-48,52H,6-8,10-21,24-26,28,31,34-35,37-38,40-46H2,1-5H3/b23-22-,30-27-,32-29-,36-33+,39-9-/t47?,48-/m1/s1. The van der Waals surface area contributed by atoms with Crippen LogP contribution in [0.25, 0.3) is 0 Å². The number of carbonyl (C=O) groups excluding carboxylic acids is 2. The van der Waals surface area contributed by atoms with E-state index in [0.29, 0.717) is 30.3 Å². The van der Waals surface area contributed by atoms with Crippen LogP contribution in [0.15, 0.2) is 60.8 Å². The molecule has 3 atom stereocenters. The molecule has 0 rings (SSSR count). The zero-order valence-corrected chi connectivity index (χ0v) is 40.4. The third kappa shape index (κ3) is 45.5. The highest BCUT2D eigenvalue weighted by molar-refractivity contribution is 7.45. The second kappa shape index (κ2) is 41.7. The number of ether oxygens (including phenoxy) is 2. The van der Waals surface area contributed by atoms with Gasteiger partial charge in [0.1, 0.15) is 19.8 Å². The van der Waals surface area contributed by atoms with Crippen LogP contribution in [-0.2, 0) is 32.7 Å². The molecule has 0 heterocycles. The van der Waals surface area contributed by atoms with Crippen LogP contribution in [-0.4, -0.2) is 81.2 Å². The molecule has 0 aromatic heterocycles. The molecule has 354 valence electrons. The molecule has 0 aliphatic carbocycles. The van der Waals surface area contributed by atoms with Crippen LogP contribution in [0, 0.1) is 0 Å². The van der Waals surface area contributed by atoms with Crippen molar-refractivity contribution in [3.05, 3.63) is 60.8 Å². The Balaban J connectivity index is 4.39. The van der Waals surface area contributed by atoms with E-state index in [4.69, 9.17) is 18.5 Å². The Bertz CT molecular complexity index is 1240. The molecule has 0 spiro atoms. The number of esters is 2. The number of aliphatic hydroxyl groups is 1. The van der Waals surface area contributed by atoms with Gasteiger partial charge in [-0.25, -0.2) is 0 Å². The number of quaternary nitrogens is 1. The Morgan fingerprint density at radius 2 is 1.13 bits per heavy atom. The van der Waals surface area contributed by atoms with Crippen molar-refractivity contribution in [2.75, 3.05) is 47.5 Å². The van der Waals surface area contributed by atoms with Crippen molar-refractivity contribution < 1.29 is 47.2 Å². The summed E-state index contributed by atoms with van der Waals surface area (Å²) in [7, 11) is 1.10. The van der Waals surface area contributed by atoms with Crippen LogP contribution in [0.5, 0.6) is 0 Å². The van der Waals surface area contributed by atoms with E-state index >= 15 is 0 Å². The fourth-order valence-electron chi connectivity index (χ4n) is 6.36. The van der Waals surface area contributed by atoms with Gasteiger partial charge in [0.15, 0.2) is 6.10 Å². The largest absolute Gasteiger partial charge is 0.756 e. The van der Waals surface area contributed by atoms with E-state index in [-0.39, 0.29) is 26.1 Å². The maximum absolute atomic E-state index is 12.7. The predicted octanol–water partition coefficient (Wildman–Crippen LogP) is 12.4. The molecule has 2 unspecified atom stereocenters. The van der Waals surface area contributed by atoms with Crippen LogP contribution in [0.4, 0.5) is 0 Å². The van der Waals surface area contributed by atoms with Crippen LogP contribution in [0.2, 0.25) is 0 Å². The van der Waals surface area contributed by atoms with Gasteiger partial charge in [-0.05, 0) is 44.9 Å². The number of carbonyl (C=O) groups is 2. The van der Waals surface area contributed by atoms with Gasteiger partial charge in [-0.2, -0.15) is 0 Å². The molecular formula is C50H90NO9P. The number of rotatable bonds is 43. The van der Waals surface area contributed by atoms with E-state index in [1.165, 1.54) is 103 Å². The molecule has 61 heavy (non-hydrogen) atoms. The highest BCUT2D eigenvalue weighted by Gasteiger charge is 2.21. The summed E-state index contributed by atoms with van der Waals surface area (Å²) in [4.78, 5) is 37.6. The first-order valence-electron chi connectivity index (χ1n) is 24.1. The van der Waals surface area contributed by atoms with Gasteiger partial charge in [-0.3, -0.25) is 14.2 Å². The number of phosphoric acid groups is 1. The first-order valence-corrected chi connectivity index (χ1v) is 25.6. The van der Waals surface area contributed by atoms with E-state index in [2.05, 4.69) is 25.2 Å². The molecule has 0 fully saturated rings. The number of unbranched alkanes of at least 4 members (excludes halogenated alkanes) is 19. The number of nitrogens with zero attached hydrogens (tertiary/aromatic N) is 1. The molecule has 0 aromatic carbocycles. The molecule has 0 saturated heterocycles. The molecule has 0 saturated carbocycles. The quantitative estimate of drug-likeness (QED) is 0.0159. The molecule has 0 amide bonds. The minimum absolute atomic E-state index is 0.0504. The lowest BCUT2D eigenvalue weighted by Crippen LogP contribution is -2.37. The summed E-state index contributed by atoms with van der Waals surface area (Å²) in [5, 5.41) is 9.78. The number of likely N-dealkylation sites (N-methyl/N-ethyl adjacent to an activating group) is 1. The Morgan fingerprint density at radius 1 is 0.623 bits per heavy atom. The summed E-state index contributed by atoms with van der Waals surface area (Å²) in [5.74, 6) is -0.924. The summed E-state index contributed by atoms with van der Waals surface area (Å²) in [6.45, 7) is 3.92. The molecule has 0 aliphatic rings. The average Bonchev–Trinajstić information content (AvgIpc) is 3.21. The van der Waals surface area contributed by atoms with Gasteiger partial charge in [0.25, 0.3) is 7.82 Å². The molecular weight excluding hydrogens is 790 g/mol. The SMILES string of the molecule is CC/C=C\C(O)C/C=C/C=C\C/C=C\C/C=C\CCCC(=O)O[C@H](COC(=O)CCCCCCCCCCCCCCCCCCCCC)COP(=O)([O-])OCC[N+](C)(C)C. The highest BCUT2D eigenvalue weighted by atomic mass is 31.2. The number of allylic oxidation sites excluding steroid dienone is 8. The zero-order chi connectivity index (χ0) is 45.1. The highest BCUT2D eigenvalue weighted by Crippen LogP contribution is 2.38. The lowest BCUT2D eigenvalue weighted by Gasteiger charge is -2.28. The third-order valence-corrected chi connectivity index (χ3v) is 11.1. The van der Waals surface area contributed by atoms with Gasteiger partial charge in [-0.1, -0.05) is 190 Å². The maximum Gasteiger partial charge on any atom is 0.306 e. The summed E-state index contributed by atoms with van der Waals surface area (Å²) in [5.41, 5.74) is 0. The Kier molecular flexibility index (Phi) is 40.1. The molecule has 0 aliphatic heterocycles. The van der Waals surface area contributed by atoms with Crippen molar-refractivity contribution in [1.82, 2.24) is 0 Å². The maximum atomic E-state index is 12.7. The number of phosphoric ester groups is 1. The Hall–Kier alpha value is -2.33. The minimum atomic E-state index is -4.65. The topological polar surface area (TPSA) is 131 Å². The van der Waals surface area contributed by atoms with Gasteiger partial charge in [0, 0.05) is 12.8 Å². The summed E-state index contributed by atoms with van der Waals surface area (Å²) >= 11 is 0. The molecule has 0 bridgehead atoms. The van der Waals surface area contributed by atoms with Crippen molar-refractivity contribution in [1.29, 1.82) is 0 Å². The number of aliphatic hydroxyl groups excluding tert-OH is 1. The fourth-order valence-corrected chi connectivity index (χ4v) is 7.09. The normalized spacial score (nSPS) is 14.5. The van der Waals surface area contributed by atoms with Crippen molar-refractivity contribution in [3.63, 3.8) is 0 Å². The number of hydrogen-bond donors (Lipinski definition) is 1. The average molecular weight is 880 g/mol. The predicted molar refractivity (Wildman–Crippen MR) is 251 cm³/mol. The van der Waals surface area contributed by atoms with Crippen molar-refractivity contribution in [2.24, 2.45) is 0 Å².